The first-order valence-electron chi connectivity index (χ1n) is 10.00. The highest BCUT2D eigenvalue weighted by Gasteiger charge is 2.40. The Labute approximate surface area is 201 Å². The number of halogens is 4. The Morgan fingerprint density at radius 1 is 1.00 bits per heavy atom. The molecule has 3 aromatic carbocycles. The predicted octanol–water partition coefficient (Wildman–Crippen LogP) is 6.04. The maximum absolute atomic E-state index is 13.0. The van der Waals surface area contributed by atoms with Crippen LogP contribution in [0.1, 0.15) is 22.3 Å². The Bertz CT molecular complexity index is 1260. The third-order valence-electron chi connectivity index (χ3n) is 5.04. The molecule has 3 amide bonds. The second-order valence-corrected chi connectivity index (χ2v) is 9.06. The van der Waals surface area contributed by atoms with E-state index in [1.807, 2.05) is 0 Å². The van der Waals surface area contributed by atoms with Crippen LogP contribution in [0.5, 0.6) is 0 Å². The molecule has 0 spiro atoms. The van der Waals surface area contributed by atoms with Crippen molar-refractivity contribution in [1.82, 2.24) is 0 Å². The van der Waals surface area contributed by atoms with E-state index < -0.39 is 28.8 Å². The van der Waals surface area contributed by atoms with Crippen LogP contribution in [0.25, 0.3) is 0 Å². The zero-order chi connectivity index (χ0) is 24.5. The number of hydrogen-bond donors (Lipinski definition) is 1. The molecule has 174 valence electrons. The fraction of sp³-hybridized carbons (Fsp3) is 0.125. The van der Waals surface area contributed by atoms with E-state index in [4.69, 9.17) is 11.6 Å². The fourth-order valence-electron chi connectivity index (χ4n) is 3.44. The van der Waals surface area contributed by atoms with Gasteiger partial charge in [-0.25, -0.2) is 4.90 Å². The number of anilines is 2. The molecule has 1 N–H and O–H groups in total. The van der Waals surface area contributed by atoms with Gasteiger partial charge in [-0.3, -0.25) is 14.4 Å². The highest BCUT2D eigenvalue weighted by Crippen LogP contribution is 2.36. The number of imide groups is 1. The lowest BCUT2D eigenvalue weighted by Crippen LogP contribution is -2.31. The minimum atomic E-state index is -4.54. The summed E-state index contributed by atoms with van der Waals surface area (Å²) >= 11 is 6.94. The quantitative estimate of drug-likeness (QED) is 0.430. The topological polar surface area (TPSA) is 66.5 Å². The van der Waals surface area contributed by atoms with Gasteiger partial charge in [0.1, 0.15) is 0 Å². The molecular formula is C24H16ClF3N2O3S. The van der Waals surface area contributed by atoms with Gasteiger partial charge in [-0.2, -0.15) is 13.2 Å². The molecule has 0 bridgehead atoms. The van der Waals surface area contributed by atoms with Crippen LogP contribution in [-0.2, 0) is 15.8 Å². The SMILES string of the molecule is O=C(Nc1cccc(C(F)(F)F)c1)c1ccccc1SC1CC(=O)N(c2ccc(Cl)cc2)C1=O. The predicted molar refractivity (Wildman–Crippen MR) is 124 cm³/mol. The van der Waals surface area contributed by atoms with Gasteiger partial charge in [-0.05, 0) is 54.6 Å². The van der Waals surface area contributed by atoms with E-state index in [0.29, 0.717) is 15.6 Å². The average molecular weight is 505 g/mol. The Hall–Kier alpha value is -3.30. The molecule has 1 unspecified atom stereocenters. The van der Waals surface area contributed by atoms with Gasteiger partial charge in [0.05, 0.1) is 22.1 Å². The van der Waals surface area contributed by atoms with Crippen molar-refractivity contribution in [2.45, 2.75) is 22.7 Å². The van der Waals surface area contributed by atoms with Gasteiger partial charge in [0.2, 0.25) is 11.8 Å². The number of benzene rings is 3. The molecule has 1 fully saturated rings. The summed E-state index contributed by atoms with van der Waals surface area (Å²) in [5.74, 6) is -1.44. The van der Waals surface area contributed by atoms with Crippen molar-refractivity contribution in [2.75, 3.05) is 10.2 Å². The lowest BCUT2D eigenvalue weighted by molar-refractivity contribution is -0.137. The lowest BCUT2D eigenvalue weighted by atomic mass is 10.1. The molecule has 10 heteroatoms. The molecule has 1 atom stereocenters. The van der Waals surface area contributed by atoms with E-state index in [-0.39, 0.29) is 23.6 Å². The van der Waals surface area contributed by atoms with Gasteiger partial charge in [-0.1, -0.05) is 29.8 Å². The average Bonchev–Trinajstić information content (AvgIpc) is 3.07. The van der Waals surface area contributed by atoms with E-state index in [2.05, 4.69) is 5.32 Å². The number of rotatable bonds is 5. The van der Waals surface area contributed by atoms with Gasteiger partial charge in [0.15, 0.2) is 0 Å². The van der Waals surface area contributed by atoms with Crippen LogP contribution in [0, 0.1) is 0 Å². The fourth-order valence-corrected chi connectivity index (χ4v) is 4.75. The largest absolute Gasteiger partial charge is 0.416 e. The third-order valence-corrected chi connectivity index (χ3v) is 6.55. The van der Waals surface area contributed by atoms with Crippen molar-refractivity contribution in [3.8, 4) is 0 Å². The zero-order valence-corrected chi connectivity index (χ0v) is 18.9. The lowest BCUT2D eigenvalue weighted by Gasteiger charge is -2.16. The first kappa shape index (κ1) is 23.8. The van der Waals surface area contributed by atoms with Gasteiger partial charge in [-0.15, -0.1) is 11.8 Å². The van der Waals surface area contributed by atoms with Crippen molar-refractivity contribution >= 4 is 52.5 Å². The zero-order valence-electron chi connectivity index (χ0n) is 17.3. The normalized spacial score (nSPS) is 16.1. The van der Waals surface area contributed by atoms with Crippen molar-refractivity contribution in [3.63, 3.8) is 0 Å². The molecule has 0 aromatic heterocycles. The molecule has 0 radical (unpaired) electrons. The molecule has 0 aliphatic carbocycles. The summed E-state index contributed by atoms with van der Waals surface area (Å²) in [7, 11) is 0. The minimum absolute atomic E-state index is 0.0133. The van der Waals surface area contributed by atoms with Crippen molar-refractivity contribution < 1.29 is 27.6 Å². The van der Waals surface area contributed by atoms with E-state index >= 15 is 0 Å². The second-order valence-electron chi connectivity index (χ2n) is 7.38. The van der Waals surface area contributed by atoms with E-state index in [0.717, 1.165) is 28.8 Å². The van der Waals surface area contributed by atoms with Crippen LogP contribution in [-0.4, -0.2) is 23.0 Å². The molecule has 1 saturated heterocycles. The first-order chi connectivity index (χ1) is 16.1. The van der Waals surface area contributed by atoms with Gasteiger partial charge in [0.25, 0.3) is 5.91 Å². The monoisotopic (exact) mass is 504 g/mol. The van der Waals surface area contributed by atoms with E-state index in [1.165, 1.54) is 18.2 Å². The Morgan fingerprint density at radius 3 is 2.41 bits per heavy atom. The van der Waals surface area contributed by atoms with Crippen LogP contribution in [0.3, 0.4) is 0 Å². The number of amides is 3. The number of nitrogens with one attached hydrogen (secondary N) is 1. The number of carbonyl (C=O) groups is 3. The first-order valence-corrected chi connectivity index (χ1v) is 11.3. The van der Waals surface area contributed by atoms with Crippen LogP contribution in [0.4, 0.5) is 24.5 Å². The Kier molecular flexibility index (Phi) is 6.67. The summed E-state index contributed by atoms with van der Waals surface area (Å²) in [4.78, 5) is 39.8. The van der Waals surface area contributed by atoms with Crippen LogP contribution in [0.2, 0.25) is 5.02 Å². The van der Waals surface area contributed by atoms with Crippen molar-refractivity contribution in [3.05, 3.63) is 88.9 Å². The van der Waals surface area contributed by atoms with Gasteiger partial charge >= 0.3 is 6.18 Å². The standard InChI is InChI=1S/C24H16ClF3N2O3S/c25-15-8-10-17(11-9-15)30-21(31)13-20(23(30)33)34-19-7-2-1-6-18(19)22(32)29-16-5-3-4-14(12-16)24(26,27)28/h1-12,20H,13H2,(H,29,32). The summed E-state index contributed by atoms with van der Waals surface area (Å²) < 4.78 is 38.9. The molecule has 0 saturated carbocycles. The van der Waals surface area contributed by atoms with Crippen molar-refractivity contribution in [2.24, 2.45) is 0 Å². The molecule has 1 aliphatic heterocycles. The maximum Gasteiger partial charge on any atom is 0.416 e. The van der Waals surface area contributed by atoms with E-state index in [1.54, 1.807) is 42.5 Å². The van der Waals surface area contributed by atoms with Gasteiger partial charge < -0.3 is 5.32 Å². The highest BCUT2D eigenvalue weighted by atomic mass is 35.5. The number of nitrogens with zero attached hydrogens (tertiary/aromatic N) is 1. The number of carbonyl (C=O) groups excluding carboxylic acids is 3. The summed E-state index contributed by atoms with van der Waals surface area (Å²) in [6.45, 7) is 0. The molecular weight excluding hydrogens is 489 g/mol. The van der Waals surface area contributed by atoms with E-state index in [9.17, 15) is 27.6 Å². The minimum Gasteiger partial charge on any atom is -0.322 e. The molecule has 1 heterocycles. The molecule has 3 aromatic rings. The highest BCUT2D eigenvalue weighted by molar-refractivity contribution is 8.00. The van der Waals surface area contributed by atoms with Crippen LogP contribution < -0.4 is 10.2 Å². The Morgan fingerprint density at radius 2 is 1.71 bits per heavy atom. The smallest absolute Gasteiger partial charge is 0.322 e. The third kappa shape index (κ3) is 5.10. The number of alkyl halides is 3. The number of hydrogen-bond acceptors (Lipinski definition) is 4. The Balaban J connectivity index is 1.53. The number of thioether (sulfide) groups is 1. The summed E-state index contributed by atoms with van der Waals surface area (Å²) in [5, 5.41) is 2.18. The summed E-state index contributed by atoms with van der Waals surface area (Å²) in [6.07, 6.45) is -4.60. The molecule has 34 heavy (non-hydrogen) atoms. The second kappa shape index (κ2) is 9.52. The molecule has 1 aliphatic rings. The summed E-state index contributed by atoms with van der Waals surface area (Å²) in [5.41, 5.74) is -0.320. The van der Waals surface area contributed by atoms with Crippen molar-refractivity contribution in [1.29, 1.82) is 0 Å². The molecule has 5 nitrogen and oxygen atoms in total. The van der Waals surface area contributed by atoms with Crippen LogP contribution in [0.15, 0.2) is 77.7 Å². The van der Waals surface area contributed by atoms with Crippen LogP contribution >= 0.6 is 23.4 Å². The molecule has 4 rings (SSSR count). The summed E-state index contributed by atoms with van der Waals surface area (Å²) in [6, 6.07) is 17.0. The maximum atomic E-state index is 13.0. The van der Waals surface area contributed by atoms with Gasteiger partial charge in [0, 0.05) is 22.0 Å².